The van der Waals surface area contributed by atoms with Crippen LogP contribution in [0, 0.1) is 12.7 Å². The largest absolute Gasteiger partial charge is 0.278 e. The Bertz CT molecular complexity index is 788. The third-order valence-electron chi connectivity index (χ3n) is 2.91. The summed E-state index contributed by atoms with van der Waals surface area (Å²) in [4.78, 5) is 0.878. The van der Waals surface area contributed by atoms with E-state index in [2.05, 4.69) is 11.3 Å². The van der Waals surface area contributed by atoms with E-state index in [-0.39, 0.29) is 4.90 Å². The smallest absolute Gasteiger partial charge is 0.262 e. The fraction of sp³-hybridized carbons (Fsp3) is 0.125. The monoisotopic (exact) mass is 337 g/mol. The van der Waals surface area contributed by atoms with Gasteiger partial charge in [0, 0.05) is 10.6 Å². The molecule has 6 heteroatoms. The molecule has 1 N–H and O–H groups in total. The molecule has 0 atom stereocenters. The molecule has 0 bridgehead atoms. The summed E-state index contributed by atoms with van der Waals surface area (Å²) in [6, 6.07) is 10.7. The summed E-state index contributed by atoms with van der Waals surface area (Å²) in [5.74, 6) is 0.215. The molecule has 0 aliphatic rings. The van der Waals surface area contributed by atoms with Crippen LogP contribution in [0.15, 0.2) is 64.9 Å². The highest BCUT2D eigenvalue weighted by Crippen LogP contribution is 2.29. The lowest BCUT2D eigenvalue weighted by atomic mass is 10.2. The topological polar surface area (TPSA) is 46.2 Å². The maximum atomic E-state index is 13.1. The van der Waals surface area contributed by atoms with Crippen molar-refractivity contribution >= 4 is 27.5 Å². The van der Waals surface area contributed by atoms with E-state index in [0.717, 1.165) is 11.0 Å². The van der Waals surface area contributed by atoms with E-state index in [9.17, 15) is 12.8 Å². The van der Waals surface area contributed by atoms with E-state index in [1.165, 1.54) is 23.9 Å². The van der Waals surface area contributed by atoms with Gasteiger partial charge in [-0.1, -0.05) is 18.2 Å². The van der Waals surface area contributed by atoms with Crippen molar-refractivity contribution in [2.45, 2.75) is 16.7 Å². The van der Waals surface area contributed by atoms with Crippen LogP contribution in [-0.4, -0.2) is 14.2 Å². The number of hydrogen-bond donors (Lipinski definition) is 1. The van der Waals surface area contributed by atoms with Gasteiger partial charge in [0.15, 0.2) is 0 Å². The lowest BCUT2D eigenvalue weighted by molar-refractivity contribution is 0.598. The molecule has 3 nitrogen and oxygen atoms in total. The average molecular weight is 337 g/mol. The molecule has 116 valence electrons. The van der Waals surface area contributed by atoms with Gasteiger partial charge in [-0.3, -0.25) is 4.72 Å². The molecule has 0 aliphatic carbocycles. The maximum Gasteiger partial charge on any atom is 0.262 e. The molecule has 0 saturated carbocycles. The molecule has 0 radical (unpaired) electrons. The van der Waals surface area contributed by atoms with Gasteiger partial charge in [-0.2, -0.15) is 0 Å². The number of hydrogen-bond acceptors (Lipinski definition) is 3. The predicted molar refractivity (Wildman–Crippen MR) is 89.3 cm³/mol. The Labute approximate surface area is 134 Å². The summed E-state index contributed by atoms with van der Waals surface area (Å²) >= 11 is 1.48. The van der Waals surface area contributed by atoms with Gasteiger partial charge >= 0.3 is 0 Å². The zero-order chi connectivity index (χ0) is 16.2. The Morgan fingerprint density at radius 1 is 1.27 bits per heavy atom. The summed E-state index contributed by atoms with van der Waals surface area (Å²) < 4.78 is 40.7. The summed E-state index contributed by atoms with van der Waals surface area (Å²) in [7, 11) is -3.76. The predicted octanol–water partition coefficient (Wildman–Crippen LogP) is 4.21. The third kappa shape index (κ3) is 3.90. The van der Waals surface area contributed by atoms with Gasteiger partial charge in [0.2, 0.25) is 0 Å². The molecule has 0 aromatic heterocycles. The molecule has 0 spiro atoms. The van der Waals surface area contributed by atoms with E-state index in [1.54, 1.807) is 25.1 Å². The van der Waals surface area contributed by atoms with Crippen LogP contribution in [0.5, 0.6) is 0 Å². The molecule has 0 unspecified atom stereocenters. The minimum atomic E-state index is -3.76. The van der Waals surface area contributed by atoms with Gasteiger partial charge in [0.25, 0.3) is 10.0 Å². The minimum absolute atomic E-state index is 0.0671. The maximum absolute atomic E-state index is 13.1. The lowest BCUT2D eigenvalue weighted by Crippen LogP contribution is -2.15. The third-order valence-corrected chi connectivity index (χ3v) is 5.51. The van der Waals surface area contributed by atoms with Crippen molar-refractivity contribution in [3.8, 4) is 0 Å². The number of anilines is 1. The van der Waals surface area contributed by atoms with Crippen LogP contribution in [0.1, 0.15) is 5.56 Å². The van der Waals surface area contributed by atoms with E-state index in [1.807, 2.05) is 12.1 Å². The van der Waals surface area contributed by atoms with Crippen molar-refractivity contribution in [3.05, 3.63) is 66.5 Å². The molecular formula is C16H16FNO2S2. The summed E-state index contributed by atoms with van der Waals surface area (Å²) in [5, 5.41) is 0. The first-order valence-electron chi connectivity index (χ1n) is 6.56. The number of sulfonamides is 1. The quantitative estimate of drug-likeness (QED) is 0.634. The second-order valence-corrected chi connectivity index (χ2v) is 7.32. The van der Waals surface area contributed by atoms with Crippen molar-refractivity contribution < 1.29 is 12.8 Å². The van der Waals surface area contributed by atoms with Crippen LogP contribution in [0.4, 0.5) is 10.1 Å². The lowest BCUT2D eigenvalue weighted by Gasteiger charge is -2.13. The van der Waals surface area contributed by atoms with E-state index in [4.69, 9.17) is 0 Å². The first-order chi connectivity index (χ1) is 10.4. The van der Waals surface area contributed by atoms with Crippen LogP contribution in [-0.2, 0) is 10.0 Å². The zero-order valence-corrected chi connectivity index (χ0v) is 13.7. The minimum Gasteiger partial charge on any atom is -0.278 e. The van der Waals surface area contributed by atoms with Crippen LogP contribution in [0.3, 0.4) is 0 Å². The number of benzene rings is 2. The van der Waals surface area contributed by atoms with Crippen LogP contribution in [0.25, 0.3) is 0 Å². The molecule has 22 heavy (non-hydrogen) atoms. The molecule has 0 aliphatic heterocycles. The zero-order valence-electron chi connectivity index (χ0n) is 12.0. The number of para-hydroxylation sites is 1. The van der Waals surface area contributed by atoms with Crippen molar-refractivity contribution in [1.82, 2.24) is 0 Å². The highest BCUT2D eigenvalue weighted by molar-refractivity contribution is 7.99. The molecule has 0 saturated heterocycles. The Kier molecular flexibility index (Phi) is 5.26. The molecular weight excluding hydrogens is 321 g/mol. The van der Waals surface area contributed by atoms with Gasteiger partial charge in [0.05, 0.1) is 10.6 Å². The Morgan fingerprint density at radius 3 is 2.68 bits per heavy atom. The first kappa shape index (κ1) is 16.6. The van der Waals surface area contributed by atoms with Crippen molar-refractivity contribution in [3.63, 3.8) is 0 Å². The van der Waals surface area contributed by atoms with Crippen molar-refractivity contribution in [2.75, 3.05) is 10.5 Å². The van der Waals surface area contributed by atoms with Crippen molar-refractivity contribution in [2.24, 2.45) is 0 Å². The fourth-order valence-electron chi connectivity index (χ4n) is 1.94. The molecule has 2 rings (SSSR count). The molecule has 0 fully saturated rings. The Morgan fingerprint density at radius 2 is 2.00 bits per heavy atom. The molecule has 0 amide bonds. The van der Waals surface area contributed by atoms with Gasteiger partial charge < -0.3 is 0 Å². The standard InChI is InChI=1S/C16H16FNO2S2/c1-3-10-21-15-7-5-4-6-14(15)18-22(19,20)16-9-8-13(17)11-12(16)2/h3-9,11,18H,1,10H2,2H3. The second kappa shape index (κ2) is 6.98. The number of nitrogens with one attached hydrogen (secondary N) is 1. The number of halogens is 1. The molecule has 2 aromatic carbocycles. The first-order valence-corrected chi connectivity index (χ1v) is 9.02. The highest BCUT2D eigenvalue weighted by Gasteiger charge is 2.18. The highest BCUT2D eigenvalue weighted by atomic mass is 32.2. The molecule has 0 heterocycles. The van der Waals surface area contributed by atoms with Gasteiger partial charge in [-0.05, 0) is 42.8 Å². The fourth-order valence-corrected chi connectivity index (χ4v) is 4.06. The van der Waals surface area contributed by atoms with E-state index in [0.29, 0.717) is 17.0 Å². The van der Waals surface area contributed by atoms with Gasteiger partial charge in [0.1, 0.15) is 5.82 Å². The van der Waals surface area contributed by atoms with E-state index < -0.39 is 15.8 Å². The van der Waals surface area contributed by atoms with E-state index >= 15 is 0 Å². The number of aryl methyl sites for hydroxylation is 1. The average Bonchev–Trinajstić information content (AvgIpc) is 2.45. The Balaban J connectivity index is 2.35. The van der Waals surface area contributed by atoms with Crippen LogP contribution < -0.4 is 4.72 Å². The van der Waals surface area contributed by atoms with Crippen LogP contribution in [0.2, 0.25) is 0 Å². The van der Waals surface area contributed by atoms with Gasteiger partial charge in [-0.25, -0.2) is 12.8 Å². The second-order valence-electron chi connectivity index (χ2n) is 4.61. The number of thioether (sulfide) groups is 1. The van der Waals surface area contributed by atoms with Crippen molar-refractivity contribution in [1.29, 1.82) is 0 Å². The van der Waals surface area contributed by atoms with Crippen LogP contribution >= 0.6 is 11.8 Å². The van der Waals surface area contributed by atoms with Gasteiger partial charge in [-0.15, -0.1) is 18.3 Å². The summed E-state index contributed by atoms with van der Waals surface area (Å²) in [5.41, 5.74) is 0.863. The molecule has 2 aromatic rings. The Hall–Kier alpha value is -1.79. The number of rotatable bonds is 6. The normalized spacial score (nSPS) is 11.2. The SMILES string of the molecule is C=CCSc1ccccc1NS(=O)(=O)c1ccc(F)cc1C. The summed E-state index contributed by atoms with van der Waals surface area (Å²) in [6.07, 6.45) is 1.75. The summed E-state index contributed by atoms with van der Waals surface area (Å²) in [6.45, 7) is 5.22.